The van der Waals surface area contributed by atoms with Crippen LogP contribution in [-0.2, 0) is 4.74 Å². The number of rotatable bonds is 4. The van der Waals surface area contributed by atoms with Crippen molar-refractivity contribution in [2.75, 3.05) is 6.61 Å². The summed E-state index contributed by atoms with van der Waals surface area (Å²) in [5.41, 5.74) is -0.727. The number of hydrogen-bond acceptors (Lipinski definition) is 3. The number of carbonyl (C=O) groups excluding carboxylic acids is 1. The van der Waals surface area contributed by atoms with Gasteiger partial charge in [0, 0.05) is 12.8 Å². The van der Waals surface area contributed by atoms with Crippen LogP contribution in [0.25, 0.3) is 0 Å². The average molecular weight is 251 g/mol. The number of carbonyl (C=O) groups is 1. The molecular weight excluding hydrogens is 233 g/mol. The SMILES string of the molecule is CCOC1(C(=O)c2ccncc2F)CCCCC1. The Morgan fingerprint density at radius 2 is 2.17 bits per heavy atom. The predicted molar refractivity (Wildman–Crippen MR) is 66.0 cm³/mol. The summed E-state index contributed by atoms with van der Waals surface area (Å²) in [6.07, 6.45) is 6.91. The Bertz CT molecular complexity index is 422. The molecule has 1 fully saturated rings. The maximum atomic E-state index is 13.7. The normalized spacial score (nSPS) is 18.6. The van der Waals surface area contributed by atoms with E-state index in [9.17, 15) is 9.18 Å². The molecule has 0 radical (unpaired) electrons. The van der Waals surface area contributed by atoms with Crippen LogP contribution in [0.5, 0.6) is 0 Å². The van der Waals surface area contributed by atoms with Crippen LogP contribution in [0.4, 0.5) is 4.39 Å². The van der Waals surface area contributed by atoms with Crippen molar-refractivity contribution < 1.29 is 13.9 Å². The van der Waals surface area contributed by atoms with Gasteiger partial charge in [0.05, 0.1) is 11.8 Å². The van der Waals surface area contributed by atoms with Gasteiger partial charge in [-0.3, -0.25) is 9.78 Å². The van der Waals surface area contributed by atoms with Gasteiger partial charge in [-0.15, -0.1) is 0 Å². The third-order valence-corrected chi connectivity index (χ3v) is 3.51. The number of Topliss-reactive ketones (excluding diaryl/α,β-unsaturated/α-hetero) is 1. The van der Waals surface area contributed by atoms with Crippen LogP contribution in [-0.4, -0.2) is 23.0 Å². The van der Waals surface area contributed by atoms with Crippen LogP contribution in [0, 0.1) is 5.82 Å². The minimum Gasteiger partial charge on any atom is -0.367 e. The number of pyridine rings is 1. The molecule has 4 heteroatoms. The van der Waals surface area contributed by atoms with E-state index in [0.29, 0.717) is 19.4 Å². The monoisotopic (exact) mass is 251 g/mol. The standard InChI is InChI=1S/C14H18FNO2/c1-2-18-14(7-4-3-5-8-14)13(17)11-6-9-16-10-12(11)15/h6,9-10H,2-5,7-8H2,1H3. The van der Waals surface area contributed by atoms with E-state index >= 15 is 0 Å². The molecule has 0 amide bonds. The second-order valence-corrected chi connectivity index (χ2v) is 4.67. The fourth-order valence-corrected chi connectivity index (χ4v) is 2.64. The summed E-state index contributed by atoms with van der Waals surface area (Å²) in [6, 6.07) is 1.44. The van der Waals surface area contributed by atoms with Crippen molar-refractivity contribution in [2.24, 2.45) is 0 Å². The molecule has 98 valence electrons. The first-order valence-electron chi connectivity index (χ1n) is 6.48. The zero-order valence-electron chi connectivity index (χ0n) is 10.6. The molecule has 1 saturated carbocycles. The Kier molecular flexibility index (Phi) is 4.07. The molecule has 0 N–H and O–H groups in total. The molecule has 0 spiro atoms. The van der Waals surface area contributed by atoms with Gasteiger partial charge in [-0.2, -0.15) is 0 Å². The van der Waals surface area contributed by atoms with Crippen LogP contribution in [0.3, 0.4) is 0 Å². The highest BCUT2D eigenvalue weighted by atomic mass is 19.1. The van der Waals surface area contributed by atoms with Gasteiger partial charge < -0.3 is 4.74 Å². The molecule has 18 heavy (non-hydrogen) atoms. The second kappa shape index (κ2) is 5.57. The number of halogens is 1. The van der Waals surface area contributed by atoms with Gasteiger partial charge >= 0.3 is 0 Å². The van der Waals surface area contributed by atoms with E-state index in [1.165, 1.54) is 12.3 Å². The Hall–Kier alpha value is -1.29. The van der Waals surface area contributed by atoms with Gasteiger partial charge in [0.1, 0.15) is 5.60 Å². The Labute approximate surface area is 106 Å². The lowest BCUT2D eigenvalue weighted by molar-refractivity contribution is -0.0413. The van der Waals surface area contributed by atoms with Gasteiger partial charge in [-0.1, -0.05) is 19.3 Å². The molecule has 1 aromatic heterocycles. The number of aromatic nitrogens is 1. The van der Waals surface area contributed by atoms with Crippen LogP contribution >= 0.6 is 0 Å². The summed E-state index contributed by atoms with van der Waals surface area (Å²) in [4.78, 5) is 16.2. The van der Waals surface area contributed by atoms with Crippen molar-refractivity contribution in [3.05, 3.63) is 29.8 Å². The zero-order chi connectivity index (χ0) is 13.0. The molecular formula is C14H18FNO2. The maximum absolute atomic E-state index is 13.7. The van der Waals surface area contributed by atoms with Crippen molar-refractivity contribution in [3.63, 3.8) is 0 Å². The number of nitrogens with zero attached hydrogens (tertiary/aromatic N) is 1. The van der Waals surface area contributed by atoms with Crippen molar-refractivity contribution in [2.45, 2.75) is 44.6 Å². The van der Waals surface area contributed by atoms with E-state index in [2.05, 4.69) is 4.98 Å². The minimum absolute atomic E-state index is 0.0975. The van der Waals surface area contributed by atoms with Crippen LogP contribution in [0.2, 0.25) is 0 Å². The Balaban J connectivity index is 2.31. The molecule has 1 heterocycles. The minimum atomic E-state index is -0.824. The molecule has 0 aromatic carbocycles. The maximum Gasteiger partial charge on any atom is 0.197 e. The fraction of sp³-hybridized carbons (Fsp3) is 0.571. The summed E-state index contributed by atoms with van der Waals surface area (Å²) >= 11 is 0. The number of ether oxygens (including phenoxy) is 1. The summed E-state index contributed by atoms with van der Waals surface area (Å²) in [7, 11) is 0. The van der Waals surface area contributed by atoms with E-state index in [4.69, 9.17) is 4.74 Å². The highest BCUT2D eigenvalue weighted by Crippen LogP contribution is 2.35. The molecule has 1 aromatic rings. The van der Waals surface area contributed by atoms with Crippen molar-refractivity contribution in [1.82, 2.24) is 4.98 Å². The predicted octanol–water partition coefficient (Wildman–Crippen LogP) is 3.14. The van der Waals surface area contributed by atoms with Crippen LogP contribution in [0.15, 0.2) is 18.5 Å². The van der Waals surface area contributed by atoms with E-state index in [0.717, 1.165) is 25.5 Å². The first-order valence-corrected chi connectivity index (χ1v) is 6.48. The molecule has 1 aliphatic rings. The van der Waals surface area contributed by atoms with Crippen molar-refractivity contribution in [1.29, 1.82) is 0 Å². The number of ketones is 1. The summed E-state index contributed by atoms with van der Waals surface area (Å²) in [5.74, 6) is -0.795. The van der Waals surface area contributed by atoms with E-state index in [1.54, 1.807) is 0 Å². The Morgan fingerprint density at radius 3 is 2.78 bits per heavy atom. The molecule has 0 aliphatic heterocycles. The van der Waals surface area contributed by atoms with E-state index in [1.807, 2.05) is 6.92 Å². The lowest BCUT2D eigenvalue weighted by Crippen LogP contribution is -2.44. The number of hydrogen-bond donors (Lipinski definition) is 0. The van der Waals surface area contributed by atoms with Crippen LogP contribution in [0.1, 0.15) is 49.4 Å². The first-order chi connectivity index (χ1) is 8.69. The second-order valence-electron chi connectivity index (χ2n) is 4.67. The third-order valence-electron chi connectivity index (χ3n) is 3.51. The highest BCUT2D eigenvalue weighted by molar-refractivity contribution is 6.02. The summed E-state index contributed by atoms with van der Waals surface area (Å²) in [6.45, 7) is 2.34. The topological polar surface area (TPSA) is 39.2 Å². The van der Waals surface area contributed by atoms with Gasteiger partial charge in [-0.05, 0) is 25.8 Å². The molecule has 2 rings (SSSR count). The molecule has 0 bridgehead atoms. The average Bonchev–Trinajstić information content (AvgIpc) is 2.40. The zero-order valence-corrected chi connectivity index (χ0v) is 10.6. The molecule has 1 aliphatic carbocycles. The largest absolute Gasteiger partial charge is 0.367 e. The first kappa shape index (κ1) is 13.1. The third kappa shape index (κ3) is 2.43. The Morgan fingerprint density at radius 1 is 1.44 bits per heavy atom. The van der Waals surface area contributed by atoms with E-state index in [-0.39, 0.29) is 11.3 Å². The fourth-order valence-electron chi connectivity index (χ4n) is 2.64. The highest BCUT2D eigenvalue weighted by Gasteiger charge is 2.41. The van der Waals surface area contributed by atoms with Crippen LogP contribution < -0.4 is 0 Å². The van der Waals surface area contributed by atoms with Gasteiger partial charge in [0.15, 0.2) is 11.6 Å². The van der Waals surface area contributed by atoms with Gasteiger partial charge in [0.25, 0.3) is 0 Å². The van der Waals surface area contributed by atoms with Gasteiger partial charge in [-0.25, -0.2) is 4.39 Å². The molecule has 0 atom stereocenters. The summed E-state index contributed by atoms with van der Waals surface area (Å²) < 4.78 is 19.4. The molecule has 3 nitrogen and oxygen atoms in total. The van der Waals surface area contributed by atoms with Crippen molar-refractivity contribution >= 4 is 5.78 Å². The lowest BCUT2D eigenvalue weighted by Gasteiger charge is -2.35. The smallest absolute Gasteiger partial charge is 0.197 e. The van der Waals surface area contributed by atoms with E-state index < -0.39 is 11.4 Å². The summed E-state index contributed by atoms with van der Waals surface area (Å²) in [5, 5.41) is 0. The molecule has 0 saturated heterocycles. The van der Waals surface area contributed by atoms with Gasteiger partial charge in [0.2, 0.25) is 0 Å². The molecule has 0 unspecified atom stereocenters. The quantitative estimate of drug-likeness (QED) is 0.772. The lowest BCUT2D eigenvalue weighted by atomic mass is 9.79. The van der Waals surface area contributed by atoms with Crippen molar-refractivity contribution in [3.8, 4) is 0 Å².